The van der Waals surface area contributed by atoms with Gasteiger partial charge in [0.1, 0.15) is 5.69 Å². The Morgan fingerprint density at radius 1 is 0.964 bits per heavy atom. The number of carbonyl (C=O) groups is 3. The Balaban J connectivity index is 2.03. The molecule has 2 aromatic carbocycles. The molecule has 3 N–H and O–H groups in total. The number of hydrogen-bond donors (Lipinski definition) is 3. The minimum atomic E-state index is -0.914. The van der Waals surface area contributed by atoms with Crippen molar-refractivity contribution in [2.45, 2.75) is 0 Å². The van der Waals surface area contributed by atoms with Crippen LogP contribution in [0.2, 0.25) is 10.0 Å². The highest BCUT2D eigenvalue weighted by Crippen LogP contribution is 2.26. The third-order valence-electron chi connectivity index (χ3n) is 3.76. The number of hydrogen-bond acceptors (Lipinski definition) is 3. The van der Waals surface area contributed by atoms with Crippen molar-refractivity contribution in [3.63, 3.8) is 0 Å². The predicted octanol–water partition coefficient (Wildman–Crippen LogP) is 3.78. The zero-order chi connectivity index (χ0) is 20.4. The zero-order valence-electron chi connectivity index (χ0n) is 14.3. The molecular weight excluding hydrogens is 471 g/mol. The van der Waals surface area contributed by atoms with Gasteiger partial charge in [0.25, 0.3) is 5.91 Å². The van der Waals surface area contributed by atoms with E-state index in [0.29, 0.717) is 26.6 Å². The lowest BCUT2D eigenvalue weighted by molar-refractivity contribution is -0.136. The predicted molar refractivity (Wildman–Crippen MR) is 112 cm³/mol. The van der Waals surface area contributed by atoms with Crippen molar-refractivity contribution in [3.05, 3.63) is 62.7 Å². The maximum atomic E-state index is 12.9. The summed E-state index contributed by atoms with van der Waals surface area (Å²) >= 11 is 15.3. The summed E-state index contributed by atoms with van der Waals surface area (Å²) in [5, 5.41) is 6.32. The quantitative estimate of drug-likeness (QED) is 0.495. The summed E-state index contributed by atoms with van der Waals surface area (Å²) in [6.07, 6.45) is 0. The molecule has 1 aromatic heterocycles. The summed E-state index contributed by atoms with van der Waals surface area (Å²) in [6, 6.07) is 11.4. The maximum Gasteiger partial charge on any atom is 0.328 e. The van der Waals surface area contributed by atoms with Gasteiger partial charge >= 0.3 is 11.8 Å². The molecule has 0 bridgehead atoms. The number of carbonyl (C=O) groups excluding carboxylic acids is 3. The van der Waals surface area contributed by atoms with E-state index in [1.807, 2.05) is 0 Å². The molecule has 0 saturated heterocycles. The Bertz CT molecular complexity index is 1090. The van der Waals surface area contributed by atoms with E-state index in [1.54, 1.807) is 24.3 Å². The fourth-order valence-corrected chi connectivity index (χ4v) is 3.47. The number of amides is 3. The lowest BCUT2D eigenvalue weighted by Crippen LogP contribution is -2.38. The van der Waals surface area contributed by atoms with Gasteiger partial charge in [-0.05, 0) is 42.5 Å². The normalized spacial score (nSPS) is 10.6. The van der Waals surface area contributed by atoms with Crippen molar-refractivity contribution in [2.75, 3.05) is 17.8 Å². The van der Waals surface area contributed by atoms with Crippen LogP contribution < -0.4 is 16.1 Å². The first-order valence-electron chi connectivity index (χ1n) is 7.90. The third-order valence-corrected chi connectivity index (χ3v) is 4.69. The minimum Gasteiger partial charge on any atom is -0.351 e. The summed E-state index contributed by atoms with van der Waals surface area (Å²) in [4.78, 5) is 36.5. The molecule has 0 atom stereocenters. The molecule has 144 valence electrons. The Morgan fingerprint density at radius 2 is 1.64 bits per heavy atom. The van der Waals surface area contributed by atoms with Crippen LogP contribution in [0.15, 0.2) is 46.9 Å². The van der Waals surface area contributed by atoms with E-state index in [9.17, 15) is 14.4 Å². The van der Waals surface area contributed by atoms with Crippen LogP contribution in [0.4, 0.5) is 5.69 Å². The van der Waals surface area contributed by atoms with Crippen molar-refractivity contribution in [1.29, 1.82) is 0 Å². The van der Waals surface area contributed by atoms with Crippen LogP contribution in [-0.4, -0.2) is 29.4 Å². The Morgan fingerprint density at radius 3 is 2.29 bits per heavy atom. The van der Waals surface area contributed by atoms with Crippen LogP contribution in [0, 0.1) is 0 Å². The largest absolute Gasteiger partial charge is 0.351 e. The molecule has 0 radical (unpaired) electrons. The molecule has 10 heteroatoms. The fraction of sp³-hybridized carbons (Fsp3) is 0.0556. The van der Waals surface area contributed by atoms with Gasteiger partial charge in [-0.2, -0.15) is 0 Å². The summed E-state index contributed by atoms with van der Waals surface area (Å²) < 4.78 is 2.05. The van der Waals surface area contributed by atoms with E-state index < -0.39 is 17.7 Å². The minimum absolute atomic E-state index is 0.112. The molecule has 1 heterocycles. The molecule has 0 fully saturated rings. The highest BCUT2D eigenvalue weighted by Gasteiger charge is 2.20. The van der Waals surface area contributed by atoms with Crippen LogP contribution >= 0.6 is 39.1 Å². The van der Waals surface area contributed by atoms with E-state index >= 15 is 0 Å². The van der Waals surface area contributed by atoms with Gasteiger partial charge in [0.05, 0.1) is 5.52 Å². The van der Waals surface area contributed by atoms with Gasteiger partial charge in [-0.25, -0.2) is 4.68 Å². The lowest BCUT2D eigenvalue weighted by atomic mass is 10.2. The highest BCUT2D eigenvalue weighted by molar-refractivity contribution is 9.10. The molecule has 3 amide bonds. The molecule has 28 heavy (non-hydrogen) atoms. The number of aromatic nitrogens is 1. The summed E-state index contributed by atoms with van der Waals surface area (Å²) in [5.41, 5.74) is 3.47. The van der Waals surface area contributed by atoms with Crippen LogP contribution in [0.1, 0.15) is 10.5 Å². The van der Waals surface area contributed by atoms with Crippen molar-refractivity contribution in [3.8, 4) is 0 Å². The molecular formula is C18H13BrCl2N4O3. The van der Waals surface area contributed by atoms with E-state index in [4.69, 9.17) is 23.2 Å². The number of halogens is 3. The van der Waals surface area contributed by atoms with Crippen LogP contribution in [-0.2, 0) is 9.59 Å². The van der Waals surface area contributed by atoms with Gasteiger partial charge in [-0.15, -0.1) is 0 Å². The first-order valence-corrected chi connectivity index (χ1v) is 9.45. The second-order valence-corrected chi connectivity index (χ2v) is 7.49. The van der Waals surface area contributed by atoms with Crippen molar-refractivity contribution < 1.29 is 14.4 Å². The SMILES string of the molecule is CNC(=O)C(=O)Nn1c(C(=O)Nc2cc(Cl)cc(Cl)c2)cc2cc(Br)ccc21. The van der Waals surface area contributed by atoms with Gasteiger partial charge in [0.2, 0.25) is 0 Å². The number of nitrogens with zero attached hydrogens (tertiary/aromatic N) is 1. The summed E-state index contributed by atoms with van der Waals surface area (Å²) in [6.45, 7) is 0. The maximum absolute atomic E-state index is 12.9. The molecule has 0 unspecified atom stereocenters. The number of benzene rings is 2. The topological polar surface area (TPSA) is 92.2 Å². The average Bonchev–Trinajstić information content (AvgIpc) is 2.97. The van der Waals surface area contributed by atoms with Crippen LogP contribution in [0.3, 0.4) is 0 Å². The molecule has 0 aliphatic carbocycles. The van der Waals surface area contributed by atoms with Gasteiger partial charge < -0.3 is 10.6 Å². The molecule has 3 rings (SSSR count). The van der Waals surface area contributed by atoms with E-state index in [2.05, 4.69) is 32.0 Å². The molecule has 0 spiro atoms. The standard InChI is InChI=1S/C18H13BrCl2N4O3/c1-22-17(27)18(28)24-25-14-3-2-10(19)4-9(14)5-15(25)16(26)23-13-7-11(20)6-12(21)8-13/h2-8H,1H3,(H,22,27)(H,23,26)(H,24,28). The van der Waals surface area contributed by atoms with Gasteiger partial charge in [0.15, 0.2) is 0 Å². The summed E-state index contributed by atoms with van der Waals surface area (Å²) in [7, 11) is 1.34. The molecule has 0 saturated carbocycles. The number of fused-ring (bicyclic) bond motifs is 1. The second kappa shape index (κ2) is 8.22. The number of anilines is 1. The van der Waals surface area contributed by atoms with E-state index in [1.165, 1.54) is 29.9 Å². The zero-order valence-corrected chi connectivity index (χ0v) is 17.4. The first kappa shape index (κ1) is 20.2. The van der Waals surface area contributed by atoms with Crippen LogP contribution in [0.25, 0.3) is 10.9 Å². The first-order chi connectivity index (χ1) is 13.3. The Kier molecular flexibility index (Phi) is 5.93. The van der Waals surface area contributed by atoms with E-state index in [-0.39, 0.29) is 5.69 Å². The monoisotopic (exact) mass is 482 g/mol. The lowest BCUT2D eigenvalue weighted by Gasteiger charge is -2.12. The molecule has 7 nitrogen and oxygen atoms in total. The fourth-order valence-electron chi connectivity index (χ4n) is 2.56. The Hall–Kier alpha value is -2.55. The number of nitrogens with one attached hydrogen (secondary N) is 3. The second-order valence-electron chi connectivity index (χ2n) is 5.70. The Labute approximate surface area is 178 Å². The number of likely N-dealkylation sites (N-methyl/N-ethyl adjacent to an activating group) is 1. The van der Waals surface area contributed by atoms with Crippen molar-refractivity contribution in [2.24, 2.45) is 0 Å². The average molecular weight is 484 g/mol. The smallest absolute Gasteiger partial charge is 0.328 e. The third kappa shape index (κ3) is 4.30. The summed E-state index contributed by atoms with van der Waals surface area (Å²) in [5.74, 6) is -2.28. The molecule has 3 aromatic rings. The van der Waals surface area contributed by atoms with Crippen molar-refractivity contribution >= 4 is 73.4 Å². The van der Waals surface area contributed by atoms with Gasteiger partial charge in [0, 0.05) is 32.6 Å². The highest BCUT2D eigenvalue weighted by atomic mass is 79.9. The van der Waals surface area contributed by atoms with E-state index in [0.717, 1.165) is 4.47 Å². The van der Waals surface area contributed by atoms with Gasteiger partial charge in [-0.3, -0.25) is 19.8 Å². The molecule has 0 aliphatic heterocycles. The molecule has 0 aliphatic rings. The van der Waals surface area contributed by atoms with Gasteiger partial charge in [-0.1, -0.05) is 39.1 Å². The number of rotatable bonds is 3. The van der Waals surface area contributed by atoms with Crippen LogP contribution in [0.5, 0.6) is 0 Å². The van der Waals surface area contributed by atoms with Crippen molar-refractivity contribution in [1.82, 2.24) is 9.99 Å².